The zero-order valence-corrected chi connectivity index (χ0v) is 16.8. The van der Waals surface area contributed by atoms with E-state index in [1.54, 1.807) is 0 Å². The van der Waals surface area contributed by atoms with Crippen molar-refractivity contribution in [3.05, 3.63) is 0 Å². The molecule has 0 aliphatic carbocycles. The Morgan fingerprint density at radius 2 is 1.71 bits per heavy atom. The molecule has 0 spiro atoms. The van der Waals surface area contributed by atoms with E-state index in [4.69, 9.17) is 5.73 Å². The third-order valence-corrected chi connectivity index (χ3v) is 4.28. The molecular formula is C16H35IN4. The maximum atomic E-state index is 6.09. The molecular weight excluding hydrogens is 375 g/mol. The van der Waals surface area contributed by atoms with Gasteiger partial charge in [0.2, 0.25) is 0 Å². The van der Waals surface area contributed by atoms with Crippen LogP contribution >= 0.6 is 24.0 Å². The monoisotopic (exact) mass is 410 g/mol. The second-order valence-electron chi connectivity index (χ2n) is 6.69. The molecule has 1 fully saturated rings. The van der Waals surface area contributed by atoms with Crippen LogP contribution in [0.2, 0.25) is 0 Å². The van der Waals surface area contributed by atoms with Crippen LogP contribution in [0.5, 0.6) is 0 Å². The van der Waals surface area contributed by atoms with E-state index < -0.39 is 0 Å². The number of rotatable bonds is 6. The first-order valence-corrected chi connectivity index (χ1v) is 8.22. The molecule has 0 amide bonds. The number of piperidine rings is 1. The van der Waals surface area contributed by atoms with Crippen LogP contribution < -0.4 is 5.73 Å². The van der Waals surface area contributed by atoms with Crippen LogP contribution in [-0.4, -0.2) is 54.0 Å². The van der Waals surface area contributed by atoms with Crippen LogP contribution in [0.15, 0.2) is 4.99 Å². The Bertz CT molecular complexity index is 289. The highest BCUT2D eigenvalue weighted by Crippen LogP contribution is 2.15. The number of hydrogen-bond acceptors (Lipinski definition) is 2. The highest BCUT2D eigenvalue weighted by Gasteiger charge is 2.17. The van der Waals surface area contributed by atoms with Crippen molar-refractivity contribution >= 4 is 29.9 Å². The summed E-state index contributed by atoms with van der Waals surface area (Å²) in [7, 11) is 0. The number of halogens is 1. The minimum Gasteiger partial charge on any atom is -0.370 e. The van der Waals surface area contributed by atoms with Gasteiger partial charge in [0.15, 0.2) is 5.96 Å². The lowest BCUT2D eigenvalue weighted by atomic mass is 10.00. The Morgan fingerprint density at radius 3 is 2.19 bits per heavy atom. The number of aliphatic imine (C=N–C) groups is 1. The van der Waals surface area contributed by atoms with E-state index in [0.29, 0.717) is 12.1 Å². The number of nitrogens with two attached hydrogens (primary N) is 1. The maximum absolute atomic E-state index is 6.09. The average Bonchev–Trinajstić information content (AvgIpc) is 2.38. The molecule has 0 saturated carbocycles. The molecule has 2 N–H and O–H groups in total. The van der Waals surface area contributed by atoms with Crippen molar-refractivity contribution in [1.82, 2.24) is 9.80 Å². The van der Waals surface area contributed by atoms with Crippen molar-refractivity contribution in [2.45, 2.75) is 66.0 Å². The van der Waals surface area contributed by atoms with Gasteiger partial charge in [0.05, 0.1) is 0 Å². The first kappa shape index (κ1) is 21.0. The van der Waals surface area contributed by atoms with Gasteiger partial charge in [-0.25, -0.2) is 0 Å². The van der Waals surface area contributed by atoms with Gasteiger partial charge in [-0.15, -0.1) is 24.0 Å². The molecule has 1 aliphatic heterocycles. The predicted octanol–water partition coefficient (Wildman–Crippen LogP) is 3.16. The lowest BCUT2D eigenvalue weighted by Crippen LogP contribution is -2.42. The fraction of sp³-hybridized carbons (Fsp3) is 0.938. The summed E-state index contributed by atoms with van der Waals surface area (Å²) in [4.78, 5) is 9.30. The van der Waals surface area contributed by atoms with Gasteiger partial charge in [-0.05, 0) is 52.9 Å². The number of guanidine groups is 1. The second kappa shape index (κ2) is 10.6. The topological polar surface area (TPSA) is 44.9 Å². The summed E-state index contributed by atoms with van der Waals surface area (Å²) in [6.07, 6.45) is 3.57. The van der Waals surface area contributed by atoms with E-state index in [0.717, 1.165) is 44.5 Å². The summed E-state index contributed by atoms with van der Waals surface area (Å²) in [5.41, 5.74) is 6.09. The molecule has 0 bridgehead atoms. The number of nitrogens with zero attached hydrogens (tertiary/aromatic N) is 3. The van der Waals surface area contributed by atoms with Crippen LogP contribution in [-0.2, 0) is 0 Å². The molecule has 5 heteroatoms. The Balaban J connectivity index is 0.00000400. The molecule has 0 aromatic heterocycles. The minimum absolute atomic E-state index is 0. The summed E-state index contributed by atoms with van der Waals surface area (Å²) < 4.78 is 0. The highest BCUT2D eigenvalue weighted by atomic mass is 127. The van der Waals surface area contributed by atoms with E-state index in [1.165, 1.54) is 12.8 Å². The van der Waals surface area contributed by atoms with E-state index in [-0.39, 0.29) is 24.0 Å². The van der Waals surface area contributed by atoms with Gasteiger partial charge in [-0.1, -0.05) is 6.92 Å². The molecule has 126 valence electrons. The quantitative estimate of drug-likeness (QED) is 0.317. The summed E-state index contributed by atoms with van der Waals surface area (Å²) in [6, 6.07) is 1.19. The van der Waals surface area contributed by atoms with Gasteiger partial charge < -0.3 is 10.6 Å². The fourth-order valence-electron chi connectivity index (χ4n) is 2.90. The molecule has 0 aromatic carbocycles. The summed E-state index contributed by atoms with van der Waals surface area (Å²) in [5.74, 6) is 1.59. The Kier molecular flexibility index (Phi) is 10.6. The van der Waals surface area contributed by atoms with E-state index in [9.17, 15) is 0 Å². The smallest absolute Gasteiger partial charge is 0.191 e. The Morgan fingerprint density at radius 1 is 1.19 bits per heavy atom. The molecule has 0 unspecified atom stereocenters. The summed E-state index contributed by atoms with van der Waals surface area (Å²) in [5, 5.41) is 0. The minimum atomic E-state index is 0. The molecule has 0 aromatic rings. The zero-order valence-electron chi connectivity index (χ0n) is 14.5. The third-order valence-electron chi connectivity index (χ3n) is 4.28. The molecule has 1 saturated heterocycles. The standard InChI is InChI=1S/C16H34N4.HI/c1-13(2)20(14(3)4)10-6-9-18-16(17)19-11-7-15(5)8-12-19;/h13-15H,6-12H2,1-5H3,(H2,17,18);1H. The van der Waals surface area contributed by atoms with Crippen LogP contribution in [0.4, 0.5) is 0 Å². The largest absolute Gasteiger partial charge is 0.370 e. The van der Waals surface area contributed by atoms with E-state index in [2.05, 4.69) is 49.4 Å². The molecule has 0 atom stereocenters. The number of hydrogen-bond donors (Lipinski definition) is 1. The Hall–Kier alpha value is -0.0400. The molecule has 1 aliphatic rings. The van der Waals surface area contributed by atoms with Crippen LogP contribution in [0.3, 0.4) is 0 Å². The van der Waals surface area contributed by atoms with Crippen LogP contribution in [0.25, 0.3) is 0 Å². The van der Waals surface area contributed by atoms with E-state index >= 15 is 0 Å². The lowest BCUT2D eigenvalue weighted by molar-refractivity contribution is 0.174. The van der Waals surface area contributed by atoms with Crippen molar-refractivity contribution in [1.29, 1.82) is 0 Å². The van der Waals surface area contributed by atoms with E-state index in [1.807, 2.05) is 0 Å². The normalized spacial score (nSPS) is 17.7. The highest BCUT2D eigenvalue weighted by molar-refractivity contribution is 14.0. The van der Waals surface area contributed by atoms with Crippen molar-refractivity contribution in [3.63, 3.8) is 0 Å². The van der Waals surface area contributed by atoms with Crippen molar-refractivity contribution < 1.29 is 0 Å². The summed E-state index contributed by atoms with van der Waals surface area (Å²) >= 11 is 0. The first-order chi connectivity index (χ1) is 9.41. The fourth-order valence-corrected chi connectivity index (χ4v) is 2.90. The number of likely N-dealkylation sites (tertiary alicyclic amines) is 1. The van der Waals surface area contributed by atoms with Gasteiger partial charge in [-0.2, -0.15) is 0 Å². The van der Waals surface area contributed by atoms with Crippen molar-refractivity contribution in [3.8, 4) is 0 Å². The Labute approximate surface area is 148 Å². The van der Waals surface area contributed by atoms with Crippen LogP contribution in [0, 0.1) is 5.92 Å². The lowest BCUT2D eigenvalue weighted by Gasteiger charge is -2.31. The summed E-state index contributed by atoms with van der Waals surface area (Å²) in [6.45, 7) is 15.4. The zero-order chi connectivity index (χ0) is 15.1. The SMILES string of the molecule is CC1CCN(C(N)=NCCCN(C(C)C)C(C)C)CC1.I. The second-order valence-corrected chi connectivity index (χ2v) is 6.69. The maximum Gasteiger partial charge on any atom is 0.191 e. The van der Waals surface area contributed by atoms with Crippen molar-refractivity contribution in [2.75, 3.05) is 26.2 Å². The van der Waals surface area contributed by atoms with Gasteiger partial charge in [-0.3, -0.25) is 9.89 Å². The molecule has 1 rings (SSSR count). The molecule has 0 radical (unpaired) electrons. The molecule has 1 heterocycles. The first-order valence-electron chi connectivity index (χ1n) is 8.22. The van der Waals surface area contributed by atoms with Gasteiger partial charge in [0.1, 0.15) is 0 Å². The van der Waals surface area contributed by atoms with Gasteiger partial charge >= 0.3 is 0 Å². The van der Waals surface area contributed by atoms with Gasteiger partial charge in [0, 0.05) is 38.3 Å². The third kappa shape index (κ3) is 7.68. The van der Waals surface area contributed by atoms with Crippen LogP contribution in [0.1, 0.15) is 53.9 Å². The van der Waals surface area contributed by atoms with Crippen molar-refractivity contribution in [2.24, 2.45) is 16.6 Å². The predicted molar refractivity (Wildman–Crippen MR) is 103 cm³/mol. The molecule has 4 nitrogen and oxygen atoms in total. The van der Waals surface area contributed by atoms with Gasteiger partial charge in [0.25, 0.3) is 0 Å². The average molecular weight is 410 g/mol. The molecule has 21 heavy (non-hydrogen) atoms.